The number of likely N-dealkylation sites (tertiary alicyclic amines) is 1. The van der Waals surface area contributed by atoms with Crippen LogP contribution in [0.15, 0.2) is 84.9 Å². The highest BCUT2D eigenvalue weighted by Crippen LogP contribution is 2.30. The fourth-order valence-electron chi connectivity index (χ4n) is 5.11. The summed E-state index contributed by atoms with van der Waals surface area (Å²) in [4.78, 5) is 31.2. The number of benzene rings is 3. The summed E-state index contributed by atoms with van der Waals surface area (Å²) < 4.78 is 0. The zero-order chi connectivity index (χ0) is 24.9. The summed E-state index contributed by atoms with van der Waals surface area (Å²) in [6.45, 7) is 1.50. The molecule has 5 nitrogen and oxygen atoms in total. The topological polar surface area (TPSA) is 70.5 Å². The Morgan fingerprint density at radius 1 is 0.917 bits per heavy atom. The Labute approximate surface area is 211 Å². The number of fused-ring (bicyclic) bond motifs is 1. The molecule has 1 aliphatic heterocycles. The first-order chi connectivity index (χ1) is 17.6. The van der Waals surface area contributed by atoms with Gasteiger partial charge in [-0.05, 0) is 61.1 Å². The van der Waals surface area contributed by atoms with Crippen LogP contribution in [0.25, 0.3) is 22.2 Å². The van der Waals surface area contributed by atoms with Crippen molar-refractivity contribution in [3.63, 3.8) is 0 Å². The minimum absolute atomic E-state index is 0.0606. The first-order valence-corrected chi connectivity index (χ1v) is 12.6. The molecule has 0 aliphatic carbocycles. The van der Waals surface area contributed by atoms with Gasteiger partial charge in [-0.25, -0.2) is 4.98 Å². The number of hydrogen-bond acceptors (Lipinski definition) is 3. The van der Waals surface area contributed by atoms with Gasteiger partial charge in [0.15, 0.2) is 0 Å². The van der Waals surface area contributed by atoms with Gasteiger partial charge in [-0.1, -0.05) is 60.7 Å². The van der Waals surface area contributed by atoms with E-state index in [0.29, 0.717) is 17.9 Å². The first kappa shape index (κ1) is 23.7. The minimum Gasteiger partial charge on any atom is -0.481 e. The van der Waals surface area contributed by atoms with E-state index in [9.17, 15) is 9.59 Å². The van der Waals surface area contributed by atoms with E-state index < -0.39 is 5.97 Å². The number of aromatic nitrogens is 1. The second-order valence-electron chi connectivity index (χ2n) is 9.52. The van der Waals surface area contributed by atoms with Gasteiger partial charge in [0.1, 0.15) is 0 Å². The van der Waals surface area contributed by atoms with Gasteiger partial charge >= 0.3 is 5.97 Å². The zero-order valence-electron chi connectivity index (χ0n) is 20.3. The van der Waals surface area contributed by atoms with Crippen LogP contribution in [0.1, 0.15) is 53.1 Å². The van der Waals surface area contributed by atoms with Crippen molar-refractivity contribution in [3.05, 3.63) is 102 Å². The molecule has 0 unspecified atom stereocenters. The Kier molecular flexibility index (Phi) is 7.08. The fourth-order valence-corrected chi connectivity index (χ4v) is 5.11. The normalized spacial score (nSPS) is 15.3. The molecule has 1 aliphatic rings. The number of aryl methyl sites for hydroxylation is 1. The number of aliphatic carboxylic acids is 1. The lowest BCUT2D eigenvalue weighted by Crippen LogP contribution is -2.28. The van der Waals surface area contributed by atoms with Crippen LogP contribution in [0.4, 0.5) is 0 Å². The average Bonchev–Trinajstić information content (AvgIpc) is 3.41. The van der Waals surface area contributed by atoms with Crippen molar-refractivity contribution in [2.45, 2.75) is 38.0 Å². The van der Waals surface area contributed by atoms with E-state index in [1.807, 2.05) is 59.5 Å². The van der Waals surface area contributed by atoms with E-state index in [1.165, 1.54) is 5.56 Å². The van der Waals surface area contributed by atoms with Crippen LogP contribution in [-0.2, 0) is 11.2 Å². The quantitative estimate of drug-likeness (QED) is 0.301. The third-order valence-electron chi connectivity index (χ3n) is 7.02. The van der Waals surface area contributed by atoms with E-state index in [1.54, 1.807) is 0 Å². The van der Waals surface area contributed by atoms with Crippen molar-refractivity contribution in [1.82, 2.24) is 9.88 Å². The average molecular weight is 479 g/mol. The first-order valence-electron chi connectivity index (χ1n) is 12.6. The predicted octanol–water partition coefficient (Wildman–Crippen LogP) is 6.33. The standard InChI is InChI=1S/C31H30N2O3/c34-29(35)14-8-7-13-24-19-27-20-25(15-16-28(27)32-30(24)23-11-5-2-6-12-23)31(36)33-18-17-26(21-33)22-9-3-1-4-10-22/h1-6,9-12,15-16,19-20,26H,7-8,13-14,17-18,21H2,(H,34,35)/t26-/m0/s1. The van der Waals surface area contributed by atoms with Gasteiger partial charge in [-0.2, -0.15) is 0 Å². The Morgan fingerprint density at radius 2 is 1.67 bits per heavy atom. The van der Waals surface area contributed by atoms with E-state index >= 15 is 0 Å². The number of carbonyl (C=O) groups excluding carboxylic acids is 1. The van der Waals surface area contributed by atoms with Crippen LogP contribution in [0.5, 0.6) is 0 Å². The van der Waals surface area contributed by atoms with E-state index in [0.717, 1.165) is 60.1 Å². The molecule has 1 aromatic heterocycles. The van der Waals surface area contributed by atoms with Gasteiger partial charge < -0.3 is 10.0 Å². The van der Waals surface area contributed by atoms with Crippen LogP contribution in [-0.4, -0.2) is 40.0 Å². The third-order valence-corrected chi connectivity index (χ3v) is 7.02. The molecule has 3 aromatic carbocycles. The maximum absolute atomic E-state index is 13.4. The van der Waals surface area contributed by atoms with Crippen molar-refractivity contribution in [2.24, 2.45) is 0 Å². The Hall–Kier alpha value is -3.99. The zero-order valence-corrected chi connectivity index (χ0v) is 20.3. The van der Waals surface area contributed by atoms with Crippen LogP contribution < -0.4 is 0 Å². The molecule has 0 saturated carbocycles. The number of rotatable bonds is 8. The minimum atomic E-state index is -0.769. The SMILES string of the molecule is O=C(O)CCCCc1cc2cc(C(=O)N3CC[C@H](c4ccccc4)C3)ccc2nc1-c1ccccc1. The summed E-state index contributed by atoms with van der Waals surface area (Å²) >= 11 is 0. The molecule has 0 bridgehead atoms. The molecule has 4 aromatic rings. The molecule has 1 N–H and O–H groups in total. The number of hydrogen-bond donors (Lipinski definition) is 1. The highest BCUT2D eigenvalue weighted by atomic mass is 16.4. The number of pyridine rings is 1. The molecular weight excluding hydrogens is 448 g/mol. The lowest BCUT2D eigenvalue weighted by molar-refractivity contribution is -0.137. The molecule has 1 saturated heterocycles. The maximum atomic E-state index is 13.4. The van der Waals surface area contributed by atoms with Gasteiger partial charge in [0.25, 0.3) is 5.91 Å². The summed E-state index contributed by atoms with van der Waals surface area (Å²) in [5, 5.41) is 9.93. The van der Waals surface area contributed by atoms with Gasteiger partial charge in [0.2, 0.25) is 0 Å². The third kappa shape index (κ3) is 5.30. The lowest BCUT2D eigenvalue weighted by Gasteiger charge is -2.17. The van der Waals surface area contributed by atoms with Gasteiger partial charge in [0.05, 0.1) is 11.2 Å². The number of carboxylic acid groups (broad SMARTS) is 1. The highest BCUT2D eigenvalue weighted by molar-refractivity contribution is 5.98. The van der Waals surface area contributed by atoms with Gasteiger partial charge in [0, 0.05) is 41.9 Å². The summed E-state index contributed by atoms with van der Waals surface area (Å²) in [6.07, 6.45) is 3.28. The molecule has 36 heavy (non-hydrogen) atoms. The summed E-state index contributed by atoms with van der Waals surface area (Å²) in [7, 11) is 0. The largest absolute Gasteiger partial charge is 0.481 e. The Bertz CT molecular complexity index is 1370. The molecule has 182 valence electrons. The molecule has 1 atom stereocenters. The van der Waals surface area contributed by atoms with Crippen molar-refractivity contribution in [2.75, 3.05) is 13.1 Å². The van der Waals surface area contributed by atoms with E-state index in [-0.39, 0.29) is 12.3 Å². The number of unbranched alkanes of at least 4 members (excludes halogenated alkanes) is 1. The fraction of sp³-hybridized carbons (Fsp3) is 0.258. The number of carboxylic acids is 1. The van der Waals surface area contributed by atoms with Crippen molar-refractivity contribution in [3.8, 4) is 11.3 Å². The second-order valence-corrected chi connectivity index (χ2v) is 9.52. The van der Waals surface area contributed by atoms with Crippen molar-refractivity contribution >= 4 is 22.8 Å². The number of amides is 1. The lowest BCUT2D eigenvalue weighted by atomic mass is 9.98. The molecule has 1 fully saturated rings. The molecular formula is C31H30N2O3. The van der Waals surface area contributed by atoms with Crippen LogP contribution in [0.3, 0.4) is 0 Å². The monoisotopic (exact) mass is 478 g/mol. The van der Waals surface area contributed by atoms with Crippen LogP contribution >= 0.6 is 0 Å². The molecule has 0 radical (unpaired) electrons. The number of carbonyl (C=O) groups is 2. The van der Waals surface area contributed by atoms with Gasteiger partial charge in [-0.15, -0.1) is 0 Å². The van der Waals surface area contributed by atoms with Crippen molar-refractivity contribution < 1.29 is 14.7 Å². The smallest absolute Gasteiger partial charge is 0.303 e. The molecule has 1 amide bonds. The molecule has 2 heterocycles. The Morgan fingerprint density at radius 3 is 2.42 bits per heavy atom. The summed E-state index contributed by atoms with van der Waals surface area (Å²) in [5.74, 6) is -0.330. The highest BCUT2D eigenvalue weighted by Gasteiger charge is 2.28. The number of nitrogens with zero attached hydrogens (tertiary/aromatic N) is 2. The second kappa shape index (κ2) is 10.7. The van der Waals surface area contributed by atoms with E-state index in [2.05, 4.69) is 30.3 Å². The molecule has 0 spiro atoms. The predicted molar refractivity (Wildman–Crippen MR) is 142 cm³/mol. The summed E-state index contributed by atoms with van der Waals surface area (Å²) in [6, 6.07) is 28.4. The summed E-state index contributed by atoms with van der Waals surface area (Å²) in [5.41, 5.74) is 5.86. The van der Waals surface area contributed by atoms with Crippen LogP contribution in [0, 0.1) is 0 Å². The Balaban J connectivity index is 1.40. The van der Waals surface area contributed by atoms with Crippen molar-refractivity contribution in [1.29, 1.82) is 0 Å². The molecule has 5 rings (SSSR count). The van der Waals surface area contributed by atoms with Crippen LogP contribution in [0.2, 0.25) is 0 Å². The maximum Gasteiger partial charge on any atom is 0.303 e. The van der Waals surface area contributed by atoms with Gasteiger partial charge in [-0.3, -0.25) is 9.59 Å². The molecule has 5 heteroatoms. The van der Waals surface area contributed by atoms with E-state index in [4.69, 9.17) is 10.1 Å².